The molecule has 2 aromatic carbocycles. The predicted molar refractivity (Wildman–Crippen MR) is 137 cm³/mol. The molecule has 190 valence electrons. The number of ether oxygens (including phenoxy) is 1. The lowest BCUT2D eigenvalue weighted by Crippen LogP contribution is -2.53. The molecule has 0 radical (unpaired) electrons. The smallest absolute Gasteiger partial charge is 0.328 e. The van der Waals surface area contributed by atoms with Gasteiger partial charge in [0.05, 0.1) is 7.11 Å². The molecule has 8 heteroatoms. The van der Waals surface area contributed by atoms with Crippen LogP contribution in [0.1, 0.15) is 36.0 Å². The second-order valence-corrected chi connectivity index (χ2v) is 8.95. The lowest BCUT2D eigenvalue weighted by Gasteiger charge is -2.27. The number of nitrogens with one attached hydrogen (secondary N) is 3. The summed E-state index contributed by atoms with van der Waals surface area (Å²) >= 11 is 0. The van der Waals surface area contributed by atoms with Crippen LogP contribution < -0.4 is 16.0 Å². The molecule has 8 nitrogen and oxygen atoms in total. The number of hydrogen-bond donors (Lipinski definition) is 3. The Hall–Kier alpha value is -3.94. The SMILES string of the molecule is COC(=O)[C@H](C[C@@H]1CCCNC1=O)NC(=O)[C@H](Cc1ccccc1)NC(=O)/C=C/c1ccc(C)cc1. The van der Waals surface area contributed by atoms with Gasteiger partial charge in [0.25, 0.3) is 0 Å². The van der Waals surface area contributed by atoms with E-state index in [1.807, 2.05) is 61.5 Å². The normalized spacial score (nSPS) is 17.1. The Morgan fingerprint density at radius 1 is 1.06 bits per heavy atom. The Labute approximate surface area is 211 Å². The lowest BCUT2D eigenvalue weighted by atomic mass is 9.91. The van der Waals surface area contributed by atoms with Crippen molar-refractivity contribution in [1.82, 2.24) is 16.0 Å². The zero-order valence-electron chi connectivity index (χ0n) is 20.7. The van der Waals surface area contributed by atoms with Gasteiger partial charge in [-0.25, -0.2) is 4.79 Å². The zero-order chi connectivity index (χ0) is 25.9. The van der Waals surface area contributed by atoms with Gasteiger partial charge in [0.15, 0.2) is 0 Å². The highest BCUT2D eigenvalue weighted by atomic mass is 16.5. The van der Waals surface area contributed by atoms with Crippen molar-refractivity contribution in [1.29, 1.82) is 0 Å². The van der Waals surface area contributed by atoms with E-state index < -0.39 is 35.8 Å². The van der Waals surface area contributed by atoms with Gasteiger partial charge in [-0.2, -0.15) is 0 Å². The topological polar surface area (TPSA) is 114 Å². The van der Waals surface area contributed by atoms with E-state index in [1.165, 1.54) is 13.2 Å². The van der Waals surface area contributed by atoms with Gasteiger partial charge in [-0.3, -0.25) is 14.4 Å². The molecule has 0 aromatic heterocycles. The van der Waals surface area contributed by atoms with E-state index >= 15 is 0 Å². The number of amides is 3. The molecule has 0 bridgehead atoms. The van der Waals surface area contributed by atoms with Crippen LogP contribution >= 0.6 is 0 Å². The molecule has 0 saturated carbocycles. The lowest BCUT2D eigenvalue weighted by molar-refractivity contribution is -0.146. The number of carbonyl (C=O) groups is 4. The summed E-state index contributed by atoms with van der Waals surface area (Å²) in [4.78, 5) is 50.7. The predicted octanol–water partition coefficient (Wildman–Crippen LogP) is 2.31. The Morgan fingerprint density at radius 2 is 1.78 bits per heavy atom. The van der Waals surface area contributed by atoms with E-state index in [4.69, 9.17) is 4.74 Å². The Kier molecular flexibility index (Phi) is 9.80. The number of aryl methyl sites for hydroxylation is 1. The maximum Gasteiger partial charge on any atom is 0.328 e. The Morgan fingerprint density at radius 3 is 2.44 bits per heavy atom. The van der Waals surface area contributed by atoms with Crippen molar-refractivity contribution >= 4 is 29.8 Å². The summed E-state index contributed by atoms with van der Waals surface area (Å²) < 4.78 is 4.88. The van der Waals surface area contributed by atoms with E-state index in [2.05, 4.69) is 16.0 Å². The van der Waals surface area contributed by atoms with E-state index in [0.717, 1.165) is 23.1 Å². The second kappa shape index (κ2) is 13.2. The van der Waals surface area contributed by atoms with Crippen LogP contribution in [0.4, 0.5) is 0 Å². The standard InChI is InChI=1S/C28H33N3O5/c1-19-10-12-20(13-11-19)14-15-25(32)30-23(17-21-7-4-3-5-8-21)27(34)31-24(28(35)36-2)18-22-9-6-16-29-26(22)33/h3-5,7-8,10-15,22-24H,6,9,16-18H2,1-2H3,(H,29,33)(H,30,32)(H,31,34)/b15-14+/t22-,23-,24-/m0/s1. The highest BCUT2D eigenvalue weighted by Crippen LogP contribution is 2.18. The van der Waals surface area contributed by atoms with Crippen LogP contribution in [0.25, 0.3) is 6.08 Å². The van der Waals surface area contributed by atoms with Crippen molar-refractivity contribution in [2.45, 2.75) is 44.7 Å². The zero-order valence-corrected chi connectivity index (χ0v) is 20.7. The molecule has 1 aliphatic rings. The fourth-order valence-corrected chi connectivity index (χ4v) is 4.10. The number of carbonyl (C=O) groups excluding carboxylic acids is 4. The quantitative estimate of drug-likeness (QED) is 0.349. The van der Waals surface area contributed by atoms with Crippen molar-refractivity contribution in [2.75, 3.05) is 13.7 Å². The fraction of sp³-hybridized carbons (Fsp3) is 0.357. The number of esters is 1. The largest absolute Gasteiger partial charge is 0.467 e. The maximum atomic E-state index is 13.3. The minimum Gasteiger partial charge on any atom is -0.467 e. The molecule has 3 rings (SSSR count). The summed E-state index contributed by atoms with van der Waals surface area (Å²) in [5.41, 5.74) is 2.82. The maximum absolute atomic E-state index is 13.3. The average molecular weight is 492 g/mol. The van der Waals surface area contributed by atoms with Crippen LogP contribution in [0, 0.1) is 12.8 Å². The molecule has 3 amide bonds. The highest BCUT2D eigenvalue weighted by molar-refractivity contribution is 5.96. The summed E-state index contributed by atoms with van der Waals surface area (Å²) in [5.74, 6) is -2.14. The summed E-state index contributed by atoms with van der Waals surface area (Å²) in [5, 5.41) is 8.25. The van der Waals surface area contributed by atoms with Gasteiger partial charge >= 0.3 is 5.97 Å². The molecular formula is C28H33N3O5. The minimum atomic E-state index is -1.00. The Balaban J connectivity index is 1.73. The molecule has 1 saturated heterocycles. The van der Waals surface area contributed by atoms with Crippen molar-refractivity contribution in [3.05, 3.63) is 77.4 Å². The van der Waals surface area contributed by atoms with Crippen molar-refractivity contribution in [2.24, 2.45) is 5.92 Å². The van der Waals surface area contributed by atoms with Crippen molar-refractivity contribution < 1.29 is 23.9 Å². The first kappa shape index (κ1) is 26.7. The van der Waals surface area contributed by atoms with Crippen LogP contribution in [0.3, 0.4) is 0 Å². The number of rotatable bonds is 10. The molecule has 0 spiro atoms. The molecule has 1 heterocycles. The average Bonchev–Trinajstić information content (AvgIpc) is 2.89. The van der Waals surface area contributed by atoms with E-state index in [9.17, 15) is 19.2 Å². The van der Waals surface area contributed by atoms with Crippen molar-refractivity contribution in [3.8, 4) is 0 Å². The van der Waals surface area contributed by atoms with Gasteiger partial charge in [0.1, 0.15) is 12.1 Å². The van der Waals surface area contributed by atoms with E-state index in [-0.39, 0.29) is 18.7 Å². The third-order valence-corrected chi connectivity index (χ3v) is 6.14. The van der Waals surface area contributed by atoms with Gasteiger partial charge < -0.3 is 20.7 Å². The first-order valence-electron chi connectivity index (χ1n) is 12.1. The molecule has 1 fully saturated rings. The molecule has 3 N–H and O–H groups in total. The third-order valence-electron chi connectivity index (χ3n) is 6.14. The fourth-order valence-electron chi connectivity index (χ4n) is 4.10. The molecule has 1 aliphatic heterocycles. The highest BCUT2D eigenvalue weighted by Gasteiger charge is 2.32. The van der Waals surface area contributed by atoms with E-state index in [0.29, 0.717) is 13.0 Å². The van der Waals surface area contributed by atoms with Crippen molar-refractivity contribution in [3.63, 3.8) is 0 Å². The molecule has 3 atom stereocenters. The van der Waals surface area contributed by atoms with Crippen LogP contribution in [-0.4, -0.2) is 49.4 Å². The van der Waals surface area contributed by atoms with Gasteiger partial charge in [0, 0.05) is 25.0 Å². The van der Waals surface area contributed by atoms with Gasteiger partial charge in [-0.05, 0) is 43.4 Å². The second-order valence-electron chi connectivity index (χ2n) is 8.95. The molecule has 0 unspecified atom stereocenters. The number of hydrogen-bond acceptors (Lipinski definition) is 5. The van der Waals surface area contributed by atoms with Gasteiger partial charge in [-0.1, -0.05) is 60.2 Å². The number of piperidine rings is 1. The van der Waals surface area contributed by atoms with E-state index in [1.54, 1.807) is 6.08 Å². The summed E-state index contributed by atoms with van der Waals surface area (Å²) in [6.45, 7) is 2.58. The monoisotopic (exact) mass is 491 g/mol. The number of methoxy groups -OCH3 is 1. The van der Waals surface area contributed by atoms with Crippen LogP contribution in [0.2, 0.25) is 0 Å². The van der Waals surface area contributed by atoms with Crippen LogP contribution in [0.5, 0.6) is 0 Å². The molecule has 0 aliphatic carbocycles. The summed E-state index contributed by atoms with van der Waals surface area (Å²) in [6.07, 6.45) is 4.84. The number of benzene rings is 2. The summed E-state index contributed by atoms with van der Waals surface area (Å²) in [7, 11) is 1.24. The van der Waals surface area contributed by atoms with Gasteiger partial charge in [0.2, 0.25) is 17.7 Å². The minimum absolute atomic E-state index is 0.129. The molecule has 36 heavy (non-hydrogen) atoms. The van der Waals surface area contributed by atoms with Crippen LogP contribution in [-0.2, 0) is 30.3 Å². The molecule has 2 aromatic rings. The third kappa shape index (κ3) is 8.08. The first-order chi connectivity index (χ1) is 17.4. The summed E-state index contributed by atoms with van der Waals surface area (Å²) in [6, 6.07) is 15.0. The Bertz CT molecular complexity index is 1080. The molecular weight excluding hydrogens is 458 g/mol. The van der Waals surface area contributed by atoms with Gasteiger partial charge in [-0.15, -0.1) is 0 Å². The van der Waals surface area contributed by atoms with Crippen LogP contribution in [0.15, 0.2) is 60.7 Å². The first-order valence-corrected chi connectivity index (χ1v) is 12.1.